The molecule has 4 nitrogen and oxygen atoms in total. The van der Waals surface area contributed by atoms with E-state index in [1.165, 1.54) is 6.92 Å². The van der Waals surface area contributed by atoms with Crippen LogP contribution in [-0.4, -0.2) is 22.2 Å². The second-order valence-electron chi connectivity index (χ2n) is 5.30. The highest BCUT2D eigenvalue weighted by Gasteiger charge is 2.41. The largest absolute Gasteiger partial charge is 0.480 e. The summed E-state index contributed by atoms with van der Waals surface area (Å²) >= 11 is 0. The van der Waals surface area contributed by atoms with Crippen LogP contribution in [0.1, 0.15) is 18.1 Å². The van der Waals surface area contributed by atoms with Gasteiger partial charge in [-0.05, 0) is 36.6 Å². The number of hydrogen-bond donors (Lipinski definition) is 2. The molecule has 2 rings (SSSR count). The minimum Gasteiger partial charge on any atom is -0.480 e. The maximum Gasteiger partial charge on any atom is 0.321 e. The molecule has 0 bridgehead atoms. The summed E-state index contributed by atoms with van der Waals surface area (Å²) in [4.78, 5) is 22.4. The lowest BCUT2D eigenvalue weighted by Gasteiger charge is -2.19. The van der Waals surface area contributed by atoms with E-state index in [4.69, 9.17) is 10.2 Å². The third-order valence-corrected chi connectivity index (χ3v) is 3.56. The number of rotatable bonds is 4. The van der Waals surface area contributed by atoms with Crippen LogP contribution in [0.4, 0.5) is 0 Å². The van der Waals surface area contributed by atoms with Gasteiger partial charge in [-0.15, -0.1) is 0 Å². The van der Waals surface area contributed by atoms with E-state index in [1.54, 1.807) is 6.07 Å². The summed E-state index contributed by atoms with van der Waals surface area (Å²) in [5, 5.41) is 20.3. The number of fused-ring (bicyclic) bond motifs is 1. The van der Waals surface area contributed by atoms with Gasteiger partial charge in [-0.25, -0.2) is 0 Å². The van der Waals surface area contributed by atoms with Crippen molar-refractivity contribution in [3.63, 3.8) is 0 Å². The van der Waals surface area contributed by atoms with Crippen LogP contribution in [-0.2, 0) is 16.0 Å². The average Bonchev–Trinajstić information content (AvgIpc) is 2.38. The molecule has 0 fully saturated rings. The van der Waals surface area contributed by atoms with Crippen molar-refractivity contribution < 1.29 is 19.8 Å². The van der Waals surface area contributed by atoms with E-state index in [9.17, 15) is 9.59 Å². The topological polar surface area (TPSA) is 74.6 Å². The van der Waals surface area contributed by atoms with Gasteiger partial charge < -0.3 is 10.2 Å². The first-order valence-electron chi connectivity index (χ1n) is 6.29. The van der Waals surface area contributed by atoms with Gasteiger partial charge in [0, 0.05) is 0 Å². The van der Waals surface area contributed by atoms with Gasteiger partial charge in [0.15, 0.2) is 5.41 Å². The van der Waals surface area contributed by atoms with Crippen molar-refractivity contribution in [2.45, 2.75) is 20.3 Å². The molecule has 0 aliphatic carbocycles. The third kappa shape index (κ3) is 2.50. The van der Waals surface area contributed by atoms with Crippen molar-refractivity contribution in [1.82, 2.24) is 0 Å². The van der Waals surface area contributed by atoms with Crippen LogP contribution < -0.4 is 0 Å². The number of aryl methyl sites for hydroxylation is 1. The molecule has 0 unspecified atom stereocenters. The second-order valence-corrected chi connectivity index (χ2v) is 5.30. The van der Waals surface area contributed by atoms with Gasteiger partial charge in [0.2, 0.25) is 0 Å². The number of carboxylic acid groups (broad SMARTS) is 2. The summed E-state index contributed by atoms with van der Waals surface area (Å²) in [6.45, 7) is 3.23. The van der Waals surface area contributed by atoms with Crippen molar-refractivity contribution in [3.05, 3.63) is 47.5 Å². The molecule has 104 valence electrons. The molecule has 0 aliphatic heterocycles. The first-order valence-corrected chi connectivity index (χ1v) is 6.29. The molecule has 0 saturated carbocycles. The minimum absolute atomic E-state index is 0.0402. The zero-order valence-corrected chi connectivity index (χ0v) is 11.4. The Bertz CT molecular complexity index is 674. The fraction of sp³-hybridized carbons (Fsp3) is 0.250. The van der Waals surface area contributed by atoms with Gasteiger partial charge in [0.1, 0.15) is 0 Å². The fourth-order valence-electron chi connectivity index (χ4n) is 2.18. The summed E-state index contributed by atoms with van der Waals surface area (Å²) < 4.78 is 0. The van der Waals surface area contributed by atoms with Gasteiger partial charge in [0.05, 0.1) is 0 Å². The summed E-state index contributed by atoms with van der Waals surface area (Å²) in [5.74, 6) is -2.65. The summed E-state index contributed by atoms with van der Waals surface area (Å²) in [5.41, 5.74) is 0.0399. The first-order chi connectivity index (χ1) is 9.33. The molecular weight excluding hydrogens is 256 g/mol. The summed E-state index contributed by atoms with van der Waals surface area (Å²) in [7, 11) is 0. The molecule has 0 heterocycles. The molecule has 0 aromatic heterocycles. The van der Waals surface area contributed by atoms with Crippen LogP contribution in [0, 0.1) is 12.3 Å². The molecule has 0 saturated heterocycles. The lowest BCUT2D eigenvalue weighted by Crippen LogP contribution is -2.38. The van der Waals surface area contributed by atoms with Gasteiger partial charge in [0.25, 0.3) is 0 Å². The molecule has 4 heteroatoms. The van der Waals surface area contributed by atoms with Gasteiger partial charge in [-0.2, -0.15) is 0 Å². The number of benzene rings is 2. The summed E-state index contributed by atoms with van der Waals surface area (Å²) in [6.07, 6.45) is -0.0402. The molecule has 2 aromatic carbocycles. The monoisotopic (exact) mass is 272 g/mol. The Kier molecular flexibility index (Phi) is 3.49. The highest BCUT2D eigenvalue weighted by molar-refractivity contribution is 5.98. The van der Waals surface area contributed by atoms with E-state index in [2.05, 4.69) is 0 Å². The first kappa shape index (κ1) is 14.1. The van der Waals surface area contributed by atoms with E-state index in [1.807, 2.05) is 37.3 Å². The van der Waals surface area contributed by atoms with Crippen molar-refractivity contribution in [2.75, 3.05) is 0 Å². The van der Waals surface area contributed by atoms with E-state index in [0.29, 0.717) is 5.56 Å². The summed E-state index contributed by atoms with van der Waals surface area (Å²) in [6, 6.07) is 11.5. The Balaban J connectivity index is 2.41. The standard InChI is InChI=1S/C16H16O4/c1-10-3-5-13-8-11(4-6-12(13)7-10)9-16(2,14(17)18)15(19)20/h3-8H,9H2,1-2H3,(H,17,18)(H,19,20). The second kappa shape index (κ2) is 4.96. The van der Waals surface area contributed by atoms with Crippen LogP contribution in [0.15, 0.2) is 36.4 Å². The van der Waals surface area contributed by atoms with E-state index < -0.39 is 17.4 Å². The highest BCUT2D eigenvalue weighted by Crippen LogP contribution is 2.26. The number of carboxylic acids is 2. The predicted molar refractivity (Wildman–Crippen MR) is 75.8 cm³/mol. The van der Waals surface area contributed by atoms with Crippen molar-refractivity contribution >= 4 is 22.7 Å². The molecule has 0 atom stereocenters. The van der Waals surface area contributed by atoms with Gasteiger partial charge in [-0.1, -0.05) is 42.0 Å². The normalized spacial score (nSPS) is 11.5. The minimum atomic E-state index is -1.81. The van der Waals surface area contributed by atoms with Crippen molar-refractivity contribution in [3.8, 4) is 0 Å². The maximum atomic E-state index is 11.2. The number of hydrogen-bond acceptors (Lipinski definition) is 2. The average molecular weight is 272 g/mol. The lowest BCUT2D eigenvalue weighted by atomic mass is 9.83. The van der Waals surface area contributed by atoms with E-state index >= 15 is 0 Å². The Hall–Kier alpha value is -2.36. The van der Waals surface area contributed by atoms with Crippen LogP contribution in [0.25, 0.3) is 10.8 Å². The van der Waals surface area contributed by atoms with Crippen molar-refractivity contribution in [1.29, 1.82) is 0 Å². The Labute approximate surface area is 116 Å². The molecule has 20 heavy (non-hydrogen) atoms. The zero-order valence-electron chi connectivity index (χ0n) is 11.4. The number of aliphatic carboxylic acids is 2. The SMILES string of the molecule is Cc1ccc2cc(CC(C)(C(=O)O)C(=O)O)ccc2c1. The maximum absolute atomic E-state index is 11.2. The quantitative estimate of drug-likeness (QED) is 0.839. The van der Waals surface area contributed by atoms with Crippen LogP contribution in [0.5, 0.6) is 0 Å². The Morgan fingerprint density at radius 2 is 1.55 bits per heavy atom. The lowest BCUT2D eigenvalue weighted by molar-refractivity contribution is -0.163. The molecule has 2 aromatic rings. The van der Waals surface area contributed by atoms with Crippen LogP contribution in [0.3, 0.4) is 0 Å². The molecule has 0 spiro atoms. The smallest absolute Gasteiger partial charge is 0.321 e. The van der Waals surface area contributed by atoms with Crippen LogP contribution in [0.2, 0.25) is 0 Å². The highest BCUT2D eigenvalue weighted by atomic mass is 16.4. The molecular formula is C16H16O4. The molecule has 0 radical (unpaired) electrons. The zero-order chi connectivity index (χ0) is 14.9. The third-order valence-electron chi connectivity index (χ3n) is 3.56. The predicted octanol–water partition coefficient (Wildman–Crippen LogP) is 2.87. The molecule has 0 aliphatic rings. The van der Waals surface area contributed by atoms with E-state index in [-0.39, 0.29) is 6.42 Å². The Morgan fingerprint density at radius 3 is 2.15 bits per heavy atom. The molecule has 2 N–H and O–H groups in total. The van der Waals surface area contributed by atoms with Gasteiger partial charge in [-0.3, -0.25) is 9.59 Å². The molecule has 0 amide bonds. The fourth-order valence-corrected chi connectivity index (χ4v) is 2.18. The van der Waals surface area contributed by atoms with Gasteiger partial charge >= 0.3 is 11.9 Å². The number of carbonyl (C=O) groups is 2. The van der Waals surface area contributed by atoms with E-state index in [0.717, 1.165) is 16.3 Å². The Morgan fingerprint density at radius 1 is 1.00 bits per heavy atom. The van der Waals surface area contributed by atoms with Crippen LogP contribution >= 0.6 is 0 Å². The van der Waals surface area contributed by atoms with Crippen molar-refractivity contribution in [2.24, 2.45) is 5.41 Å².